The molecule has 4 unspecified atom stereocenters. The summed E-state index contributed by atoms with van der Waals surface area (Å²) in [6.45, 7) is 4.58. The Balaban J connectivity index is 0. The molecule has 2 fully saturated rings. The molecule has 0 aromatic carbocycles. The fourth-order valence-electron chi connectivity index (χ4n) is 2.05. The van der Waals surface area contributed by atoms with Crippen molar-refractivity contribution in [2.45, 2.75) is 45.7 Å². The molecule has 2 rings (SSSR count). The van der Waals surface area contributed by atoms with Crippen molar-refractivity contribution in [1.82, 2.24) is 0 Å². The summed E-state index contributed by atoms with van der Waals surface area (Å²) >= 11 is 0. The lowest BCUT2D eigenvalue weighted by Crippen LogP contribution is -2.36. The molecule has 0 bridgehead atoms. The Labute approximate surface area is 153 Å². The number of methoxy groups -OCH3 is 3. The van der Waals surface area contributed by atoms with Crippen molar-refractivity contribution in [3.63, 3.8) is 0 Å². The quantitative estimate of drug-likeness (QED) is 0.284. The smallest absolute Gasteiger partial charge is 0.417 e. The van der Waals surface area contributed by atoms with Gasteiger partial charge in [0.2, 0.25) is 6.29 Å². The second kappa shape index (κ2) is 14.2. The highest BCUT2D eigenvalue weighted by Crippen LogP contribution is 2.30. The Morgan fingerprint density at radius 2 is 1.38 bits per heavy atom. The van der Waals surface area contributed by atoms with Gasteiger partial charge in [0.15, 0.2) is 6.10 Å². The number of hydrogen-bond acceptors (Lipinski definition) is 10. The van der Waals surface area contributed by atoms with Gasteiger partial charge in [-0.3, -0.25) is 4.79 Å². The van der Waals surface area contributed by atoms with Crippen LogP contribution in [0.4, 0.5) is 0 Å². The molecule has 0 amide bonds. The van der Waals surface area contributed by atoms with Crippen LogP contribution in [0.2, 0.25) is 0 Å². The van der Waals surface area contributed by atoms with Gasteiger partial charge in [-0.1, -0.05) is 21.3 Å². The second-order valence-corrected chi connectivity index (χ2v) is 4.45. The predicted octanol–water partition coefficient (Wildman–Crippen LogP) is -0.0956. The molecular formula is C16H28O10. The first-order chi connectivity index (χ1) is 12.0. The fourth-order valence-corrected chi connectivity index (χ4v) is 2.05. The highest BCUT2D eigenvalue weighted by molar-refractivity contribution is 6.29. The molecule has 0 radical (unpaired) electrons. The number of rotatable bonds is 3. The van der Waals surface area contributed by atoms with E-state index in [1.165, 1.54) is 0 Å². The minimum Gasteiger partial charge on any atom is -0.463 e. The molecule has 0 spiro atoms. The molecular weight excluding hydrogens is 352 g/mol. The maximum absolute atomic E-state index is 11.2. The summed E-state index contributed by atoms with van der Waals surface area (Å²) in [6, 6.07) is 0. The molecule has 2 aliphatic heterocycles. The van der Waals surface area contributed by atoms with E-state index < -0.39 is 24.0 Å². The van der Waals surface area contributed by atoms with Crippen molar-refractivity contribution in [3.05, 3.63) is 0 Å². The normalized spacial score (nSPS) is 25.0. The maximum Gasteiger partial charge on any atom is 0.417 e. The molecule has 2 aliphatic rings. The Morgan fingerprint density at radius 3 is 1.77 bits per heavy atom. The van der Waals surface area contributed by atoms with Crippen LogP contribution in [0.1, 0.15) is 21.3 Å². The summed E-state index contributed by atoms with van der Waals surface area (Å²) in [7, 11) is 3.83. The number of carbonyl (C=O) groups excluding carboxylic acids is 4. The average molecular weight is 380 g/mol. The molecule has 10 nitrogen and oxygen atoms in total. The third-order valence-corrected chi connectivity index (χ3v) is 3.17. The minimum atomic E-state index is -1.04. The molecule has 2 saturated heterocycles. The fraction of sp³-hybridized carbons (Fsp3) is 0.750. The zero-order valence-corrected chi connectivity index (χ0v) is 14.9. The zero-order chi connectivity index (χ0) is 19.4. The van der Waals surface area contributed by atoms with Gasteiger partial charge >= 0.3 is 17.9 Å². The Hall–Kier alpha value is -2.04. The van der Waals surface area contributed by atoms with E-state index >= 15 is 0 Å². The zero-order valence-electron chi connectivity index (χ0n) is 14.9. The van der Waals surface area contributed by atoms with Crippen LogP contribution in [0.5, 0.6) is 0 Å². The van der Waals surface area contributed by atoms with Gasteiger partial charge in [0.05, 0.1) is 27.4 Å². The van der Waals surface area contributed by atoms with E-state index in [0.29, 0.717) is 6.61 Å². The Bertz CT molecular complexity index is 450. The van der Waals surface area contributed by atoms with Crippen molar-refractivity contribution in [2.75, 3.05) is 34.5 Å². The van der Waals surface area contributed by atoms with Crippen LogP contribution in [-0.2, 0) is 47.6 Å². The van der Waals surface area contributed by atoms with Gasteiger partial charge in [-0.05, 0) is 0 Å². The summed E-state index contributed by atoms with van der Waals surface area (Å²) in [6.07, 6.45) is -1.28. The highest BCUT2D eigenvalue weighted by atomic mass is 16.7. The van der Waals surface area contributed by atoms with Crippen LogP contribution in [0.15, 0.2) is 0 Å². The summed E-state index contributed by atoms with van der Waals surface area (Å²) in [4.78, 5) is 41.0. The summed E-state index contributed by atoms with van der Waals surface area (Å²) in [5.41, 5.74) is 0. The molecule has 26 heavy (non-hydrogen) atoms. The van der Waals surface area contributed by atoms with Crippen molar-refractivity contribution in [3.8, 4) is 0 Å². The standard InChI is InChI=1S/C10H14O7.C3H4O3.C2H6.CH4/c1-13-5-3-15-8-6(4-16-7(5)8)17-10(12)9(11)14-2;1-6-3(5)2-4;1-2;/h5-8H,3-4H2,1-2H3;2H,1H3;1-2H3;1H4. The van der Waals surface area contributed by atoms with E-state index in [9.17, 15) is 19.2 Å². The van der Waals surface area contributed by atoms with E-state index in [1.54, 1.807) is 7.11 Å². The monoisotopic (exact) mass is 380 g/mol. The van der Waals surface area contributed by atoms with Crippen molar-refractivity contribution in [1.29, 1.82) is 0 Å². The molecule has 0 aromatic rings. The third-order valence-electron chi connectivity index (χ3n) is 3.17. The van der Waals surface area contributed by atoms with Crippen molar-refractivity contribution < 1.29 is 47.6 Å². The van der Waals surface area contributed by atoms with Gasteiger partial charge in [-0.15, -0.1) is 0 Å². The Kier molecular flexibility index (Phi) is 14.3. The van der Waals surface area contributed by atoms with Crippen LogP contribution in [0.25, 0.3) is 0 Å². The van der Waals surface area contributed by atoms with Crippen LogP contribution in [0.3, 0.4) is 0 Å². The molecule has 2 heterocycles. The molecule has 0 N–H and O–H groups in total. The molecule has 10 heteroatoms. The first-order valence-electron chi connectivity index (χ1n) is 7.56. The lowest BCUT2D eigenvalue weighted by atomic mass is 10.1. The first kappa shape index (κ1) is 26.2. The topological polar surface area (TPSA) is 124 Å². The lowest BCUT2D eigenvalue weighted by Gasteiger charge is -2.15. The first-order valence-corrected chi connectivity index (χ1v) is 7.56. The van der Waals surface area contributed by atoms with Crippen LogP contribution in [-0.4, -0.2) is 83.2 Å². The van der Waals surface area contributed by atoms with Crippen molar-refractivity contribution in [2.24, 2.45) is 0 Å². The van der Waals surface area contributed by atoms with Crippen LogP contribution in [0, 0.1) is 0 Å². The number of fused-ring (bicyclic) bond motifs is 1. The van der Waals surface area contributed by atoms with Crippen molar-refractivity contribution >= 4 is 24.2 Å². The number of hydrogen-bond donors (Lipinski definition) is 0. The lowest BCUT2D eigenvalue weighted by molar-refractivity contribution is -0.172. The third kappa shape index (κ3) is 7.46. The largest absolute Gasteiger partial charge is 0.463 e. The summed E-state index contributed by atoms with van der Waals surface area (Å²) in [5.74, 6) is -2.91. The van der Waals surface area contributed by atoms with E-state index in [2.05, 4.69) is 9.47 Å². The number of esters is 3. The van der Waals surface area contributed by atoms with Gasteiger partial charge in [-0.2, -0.15) is 0 Å². The molecule has 0 aromatic heterocycles. The van der Waals surface area contributed by atoms with Gasteiger partial charge in [0, 0.05) is 7.11 Å². The maximum atomic E-state index is 11.2. The minimum absolute atomic E-state index is 0. The summed E-state index contributed by atoms with van der Waals surface area (Å²) < 4.78 is 29.1. The molecule has 4 atom stereocenters. The summed E-state index contributed by atoms with van der Waals surface area (Å²) in [5, 5.41) is 0. The van der Waals surface area contributed by atoms with Gasteiger partial charge in [-0.25, -0.2) is 14.4 Å². The number of carbonyl (C=O) groups is 4. The van der Waals surface area contributed by atoms with E-state index in [0.717, 1.165) is 14.2 Å². The van der Waals surface area contributed by atoms with Crippen LogP contribution < -0.4 is 0 Å². The highest BCUT2D eigenvalue weighted by Gasteiger charge is 2.50. The molecule has 152 valence electrons. The van der Waals surface area contributed by atoms with E-state index in [-0.39, 0.29) is 38.6 Å². The SMILES string of the molecule is C.CC.COC(=O)C(=O)OC1COC2C(OC)COC12.COC(=O)C=O. The Morgan fingerprint density at radius 1 is 0.885 bits per heavy atom. The van der Waals surface area contributed by atoms with Gasteiger partial charge in [0.1, 0.15) is 18.3 Å². The molecule has 0 aliphatic carbocycles. The molecule has 0 saturated carbocycles. The second-order valence-electron chi connectivity index (χ2n) is 4.45. The van der Waals surface area contributed by atoms with E-state index in [4.69, 9.17) is 18.9 Å². The van der Waals surface area contributed by atoms with E-state index in [1.807, 2.05) is 13.8 Å². The predicted molar refractivity (Wildman–Crippen MR) is 88.3 cm³/mol. The van der Waals surface area contributed by atoms with Gasteiger partial charge < -0.3 is 28.4 Å². The van der Waals surface area contributed by atoms with Gasteiger partial charge in [0.25, 0.3) is 0 Å². The van der Waals surface area contributed by atoms with Crippen LogP contribution >= 0.6 is 0 Å². The number of ether oxygens (including phenoxy) is 6. The average Bonchev–Trinajstić information content (AvgIpc) is 3.25. The number of aldehydes is 1.